The normalized spacial score (nSPS) is 22.2. The monoisotopic (exact) mass is 298 g/mol. The molecule has 1 saturated heterocycles. The van der Waals surface area contributed by atoms with Crippen molar-refractivity contribution in [1.82, 2.24) is 10.2 Å². The Hall–Kier alpha value is -1.59. The Morgan fingerprint density at radius 3 is 2.57 bits per heavy atom. The summed E-state index contributed by atoms with van der Waals surface area (Å²) in [5.41, 5.74) is 0. The predicted octanol–water partition coefficient (Wildman–Crippen LogP) is 1.25. The van der Waals surface area contributed by atoms with Crippen LogP contribution in [0.25, 0.3) is 0 Å². The average Bonchev–Trinajstić information content (AvgIpc) is 2.42. The van der Waals surface area contributed by atoms with Crippen LogP contribution < -0.4 is 5.32 Å². The fourth-order valence-corrected chi connectivity index (χ4v) is 2.61. The van der Waals surface area contributed by atoms with Gasteiger partial charge in [0.1, 0.15) is 0 Å². The van der Waals surface area contributed by atoms with E-state index in [4.69, 9.17) is 5.11 Å². The minimum Gasteiger partial charge on any atom is -0.481 e. The Labute approximate surface area is 125 Å². The van der Waals surface area contributed by atoms with Gasteiger partial charge in [-0.3, -0.25) is 14.4 Å². The molecule has 0 saturated carbocycles. The van der Waals surface area contributed by atoms with Crippen molar-refractivity contribution in [2.45, 2.75) is 52.5 Å². The molecule has 0 unspecified atom stereocenters. The summed E-state index contributed by atoms with van der Waals surface area (Å²) < 4.78 is 0. The van der Waals surface area contributed by atoms with Crippen molar-refractivity contribution >= 4 is 17.8 Å². The van der Waals surface area contributed by atoms with Crippen LogP contribution in [0.2, 0.25) is 0 Å². The van der Waals surface area contributed by atoms with E-state index in [1.807, 2.05) is 13.8 Å². The largest absolute Gasteiger partial charge is 0.481 e. The smallest absolute Gasteiger partial charge is 0.308 e. The van der Waals surface area contributed by atoms with Gasteiger partial charge in [0, 0.05) is 19.0 Å². The number of nitrogens with zero attached hydrogens (tertiary/aromatic N) is 1. The molecule has 0 aromatic heterocycles. The summed E-state index contributed by atoms with van der Waals surface area (Å²) in [6, 6.07) is -0.323. The summed E-state index contributed by atoms with van der Waals surface area (Å²) in [6.45, 7) is 6.36. The van der Waals surface area contributed by atoms with Gasteiger partial charge in [0.05, 0.1) is 12.5 Å². The molecule has 1 rings (SSSR count). The zero-order chi connectivity index (χ0) is 16.0. The van der Waals surface area contributed by atoms with E-state index in [1.54, 1.807) is 11.8 Å². The second-order valence-electron chi connectivity index (χ2n) is 6.12. The van der Waals surface area contributed by atoms with Gasteiger partial charge in [0.15, 0.2) is 0 Å². The second-order valence-corrected chi connectivity index (χ2v) is 6.12. The first-order chi connectivity index (χ1) is 9.82. The highest BCUT2D eigenvalue weighted by atomic mass is 16.4. The Kier molecular flexibility index (Phi) is 6.65. The second kappa shape index (κ2) is 8.00. The topological polar surface area (TPSA) is 86.7 Å². The Morgan fingerprint density at radius 2 is 2.00 bits per heavy atom. The maximum atomic E-state index is 12.1. The number of rotatable bonds is 6. The van der Waals surface area contributed by atoms with Gasteiger partial charge in [-0.1, -0.05) is 13.8 Å². The lowest BCUT2D eigenvalue weighted by atomic mass is 9.90. The minimum absolute atomic E-state index is 0.0480. The van der Waals surface area contributed by atoms with E-state index in [1.165, 1.54) is 0 Å². The highest BCUT2D eigenvalue weighted by molar-refractivity contribution is 5.85. The number of carbonyl (C=O) groups is 3. The lowest BCUT2D eigenvalue weighted by Crippen LogP contribution is -2.51. The van der Waals surface area contributed by atoms with Gasteiger partial charge in [-0.05, 0) is 32.1 Å². The summed E-state index contributed by atoms with van der Waals surface area (Å²) in [5, 5.41) is 11.8. The van der Waals surface area contributed by atoms with E-state index in [9.17, 15) is 14.4 Å². The van der Waals surface area contributed by atoms with Crippen LogP contribution >= 0.6 is 0 Å². The van der Waals surface area contributed by atoms with Crippen LogP contribution in [0.15, 0.2) is 0 Å². The molecule has 2 atom stereocenters. The lowest BCUT2D eigenvalue weighted by Gasteiger charge is -2.37. The number of hydrogen-bond acceptors (Lipinski definition) is 3. The van der Waals surface area contributed by atoms with Crippen LogP contribution in [-0.2, 0) is 14.4 Å². The van der Waals surface area contributed by atoms with E-state index in [-0.39, 0.29) is 24.4 Å². The van der Waals surface area contributed by atoms with E-state index in [2.05, 4.69) is 5.32 Å². The molecular weight excluding hydrogens is 272 g/mol. The Balaban J connectivity index is 2.44. The highest BCUT2D eigenvalue weighted by Gasteiger charge is 2.35. The third kappa shape index (κ3) is 5.36. The summed E-state index contributed by atoms with van der Waals surface area (Å²) >= 11 is 0. The van der Waals surface area contributed by atoms with Gasteiger partial charge >= 0.3 is 5.97 Å². The third-order valence-electron chi connectivity index (χ3n) is 4.01. The Bertz CT molecular complexity index is 395. The molecule has 0 radical (unpaired) electrons. The Morgan fingerprint density at radius 1 is 1.33 bits per heavy atom. The molecule has 2 N–H and O–H groups in total. The first-order valence-corrected chi connectivity index (χ1v) is 7.62. The van der Waals surface area contributed by atoms with E-state index < -0.39 is 11.9 Å². The molecule has 1 heterocycles. The molecule has 1 fully saturated rings. The summed E-state index contributed by atoms with van der Waals surface area (Å²) in [5.74, 6) is -1.26. The first-order valence-electron chi connectivity index (χ1n) is 7.62. The molecule has 1 aliphatic heterocycles. The van der Waals surface area contributed by atoms with Gasteiger partial charge in [-0.25, -0.2) is 0 Å². The quantitative estimate of drug-likeness (QED) is 0.772. The minimum atomic E-state index is -0.860. The zero-order valence-corrected chi connectivity index (χ0v) is 13.1. The van der Waals surface area contributed by atoms with Crippen LogP contribution in [-0.4, -0.2) is 46.9 Å². The highest BCUT2D eigenvalue weighted by Crippen LogP contribution is 2.23. The van der Waals surface area contributed by atoms with Gasteiger partial charge in [-0.15, -0.1) is 0 Å². The lowest BCUT2D eigenvalue weighted by molar-refractivity contribution is -0.149. The molecule has 0 aromatic rings. The number of nitrogens with one attached hydrogen (secondary N) is 1. The van der Waals surface area contributed by atoms with Crippen LogP contribution in [0.4, 0.5) is 0 Å². The van der Waals surface area contributed by atoms with Crippen molar-refractivity contribution in [1.29, 1.82) is 0 Å². The number of hydrogen-bond donors (Lipinski definition) is 2. The standard InChI is InChI=1S/C15H26N2O4/c1-10(2)6-7-13(18)16-9-14(19)17-8-4-5-12(11(17)3)15(20)21/h10-12H,4-9H2,1-3H3,(H,16,18)(H,20,21)/t11-,12-/m0/s1. The maximum absolute atomic E-state index is 12.1. The molecular formula is C15H26N2O4. The van der Waals surface area contributed by atoms with E-state index in [0.29, 0.717) is 31.7 Å². The summed E-state index contributed by atoms with van der Waals surface area (Å²) in [6.07, 6.45) is 2.49. The molecule has 0 bridgehead atoms. The fraction of sp³-hybridized carbons (Fsp3) is 0.800. The molecule has 0 aromatic carbocycles. The molecule has 6 heteroatoms. The zero-order valence-electron chi connectivity index (χ0n) is 13.1. The number of carboxylic acids is 1. The van der Waals surface area contributed by atoms with Crippen molar-refractivity contribution in [3.05, 3.63) is 0 Å². The molecule has 0 aliphatic carbocycles. The number of carboxylic acid groups (broad SMARTS) is 1. The van der Waals surface area contributed by atoms with E-state index >= 15 is 0 Å². The molecule has 1 aliphatic rings. The van der Waals surface area contributed by atoms with Gasteiger partial charge in [0.2, 0.25) is 11.8 Å². The van der Waals surface area contributed by atoms with Gasteiger partial charge in [0.25, 0.3) is 0 Å². The van der Waals surface area contributed by atoms with Crippen molar-refractivity contribution in [3.63, 3.8) is 0 Å². The number of aliphatic carboxylic acids is 1. The average molecular weight is 298 g/mol. The van der Waals surface area contributed by atoms with Crippen LogP contribution in [0.5, 0.6) is 0 Å². The van der Waals surface area contributed by atoms with Crippen molar-refractivity contribution in [2.24, 2.45) is 11.8 Å². The predicted molar refractivity (Wildman–Crippen MR) is 78.6 cm³/mol. The summed E-state index contributed by atoms with van der Waals surface area (Å²) in [7, 11) is 0. The number of carbonyl (C=O) groups excluding carboxylic acids is 2. The molecule has 21 heavy (non-hydrogen) atoms. The van der Waals surface area contributed by atoms with Crippen molar-refractivity contribution in [3.8, 4) is 0 Å². The van der Waals surface area contributed by atoms with Gasteiger partial charge in [-0.2, -0.15) is 0 Å². The number of amides is 2. The SMILES string of the molecule is CC(C)CCC(=O)NCC(=O)N1CCC[C@H](C(=O)O)[C@@H]1C. The molecule has 0 spiro atoms. The van der Waals surface area contributed by atoms with Crippen LogP contribution in [0, 0.1) is 11.8 Å². The molecule has 6 nitrogen and oxygen atoms in total. The third-order valence-corrected chi connectivity index (χ3v) is 4.01. The molecule has 120 valence electrons. The fourth-order valence-electron chi connectivity index (χ4n) is 2.61. The van der Waals surface area contributed by atoms with E-state index in [0.717, 1.165) is 6.42 Å². The van der Waals surface area contributed by atoms with Gasteiger partial charge < -0.3 is 15.3 Å². The maximum Gasteiger partial charge on any atom is 0.308 e. The number of piperidine rings is 1. The van der Waals surface area contributed by atoms with Crippen LogP contribution in [0.3, 0.4) is 0 Å². The molecule has 2 amide bonds. The first kappa shape index (κ1) is 17.5. The summed E-state index contributed by atoms with van der Waals surface area (Å²) in [4.78, 5) is 36.5. The van der Waals surface area contributed by atoms with Crippen molar-refractivity contribution in [2.75, 3.05) is 13.1 Å². The van der Waals surface area contributed by atoms with Crippen molar-refractivity contribution < 1.29 is 19.5 Å². The number of likely N-dealkylation sites (tertiary alicyclic amines) is 1. The van der Waals surface area contributed by atoms with Crippen LogP contribution in [0.1, 0.15) is 46.5 Å².